The average molecular weight is 292 g/mol. The zero-order valence-electron chi connectivity index (χ0n) is 8.97. The zero-order chi connectivity index (χ0) is 11.8. The summed E-state index contributed by atoms with van der Waals surface area (Å²) in [6, 6.07) is 10.0. The Labute approximate surface area is 106 Å². The van der Waals surface area contributed by atoms with Crippen LogP contribution in [0.25, 0.3) is 16.6 Å². The molecule has 0 saturated heterocycles. The second-order valence-corrected chi connectivity index (χ2v) is 4.74. The first kappa shape index (κ1) is 10.7. The van der Waals surface area contributed by atoms with E-state index in [1.54, 1.807) is 0 Å². The van der Waals surface area contributed by atoms with Crippen LogP contribution >= 0.6 is 15.9 Å². The number of benzene rings is 1. The summed E-state index contributed by atoms with van der Waals surface area (Å²) in [5, 5.41) is 18.4. The molecule has 3 rings (SSSR count). The van der Waals surface area contributed by atoms with Crippen LogP contribution in [0.2, 0.25) is 0 Å². The van der Waals surface area contributed by atoms with E-state index in [1.807, 2.05) is 34.7 Å². The van der Waals surface area contributed by atoms with Crippen LogP contribution < -0.4 is 0 Å². The predicted octanol–water partition coefficient (Wildman–Crippen LogP) is 2.18. The fraction of sp³-hybridized carbons (Fsp3) is 0.167. The Morgan fingerprint density at radius 3 is 2.82 bits per heavy atom. The summed E-state index contributed by atoms with van der Waals surface area (Å²) in [5.74, 6) is 0.784. The van der Waals surface area contributed by atoms with E-state index in [-0.39, 0.29) is 6.61 Å². The number of rotatable bonds is 2. The van der Waals surface area contributed by atoms with Crippen LogP contribution in [0.15, 0.2) is 34.8 Å². The zero-order valence-corrected chi connectivity index (χ0v) is 10.6. The van der Waals surface area contributed by atoms with Gasteiger partial charge >= 0.3 is 0 Å². The lowest BCUT2D eigenvalue weighted by Crippen LogP contribution is -1.99. The van der Waals surface area contributed by atoms with Gasteiger partial charge in [-0.2, -0.15) is 0 Å². The number of aliphatic hydroxyl groups is 1. The summed E-state index contributed by atoms with van der Waals surface area (Å²) < 4.78 is 3.00. The molecule has 0 atom stereocenters. The molecule has 0 unspecified atom stereocenters. The highest BCUT2D eigenvalue weighted by molar-refractivity contribution is 9.10. The van der Waals surface area contributed by atoms with Crippen LogP contribution in [0.5, 0.6) is 0 Å². The van der Waals surface area contributed by atoms with Crippen molar-refractivity contribution in [2.24, 2.45) is 0 Å². The van der Waals surface area contributed by atoms with Crippen molar-refractivity contribution in [3.05, 3.63) is 40.6 Å². The van der Waals surface area contributed by atoms with E-state index in [9.17, 15) is 0 Å². The third-order valence-corrected chi connectivity index (χ3v) is 3.23. The Morgan fingerprint density at radius 1 is 1.18 bits per heavy atom. The van der Waals surface area contributed by atoms with Gasteiger partial charge in [-0.1, -0.05) is 22.0 Å². The molecule has 0 radical (unpaired) electrons. The van der Waals surface area contributed by atoms with Crippen LogP contribution in [0.1, 0.15) is 5.82 Å². The van der Waals surface area contributed by atoms with Gasteiger partial charge in [0.25, 0.3) is 0 Å². The predicted molar refractivity (Wildman–Crippen MR) is 69.0 cm³/mol. The molecule has 4 nitrogen and oxygen atoms in total. The molecular formula is C12H10BrN3O. The molecule has 0 spiro atoms. The second kappa shape index (κ2) is 4.09. The molecule has 5 heteroatoms. The molecule has 0 fully saturated rings. The molecular weight excluding hydrogens is 282 g/mol. The standard InChI is InChI=1S/C12H10BrN3O/c13-9-3-1-8-2-4-11-14-15-12(5-6-17)16(11)10(8)7-9/h1-4,7,17H,5-6H2. The highest BCUT2D eigenvalue weighted by atomic mass is 79.9. The fourth-order valence-corrected chi connectivity index (χ4v) is 2.33. The van der Waals surface area contributed by atoms with Crippen molar-refractivity contribution in [3.63, 3.8) is 0 Å². The Bertz CT molecular complexity index is 693. The number of hydrogen-bond acceptors (Lipinski definition) is 3. The van der Waals surface area contributed by atoms with Gasteiger partial charge in [0.1, 0.15) is 5.82 Å². The minimum atomic E-state index is 0.0746. The van der Waals surface area contributed by atoms with Crippen molar-refractivity contribution in [1.29, 1.82) is 0 Å². The average Bonchev–Trinajstić information content (AvgIpc) is 2.73. The van der Waals surface area contributed by atoms with E-state index in [0.717, 1.165) is 26.8 Å². The lowest BCUT2D eigenvalue weighted by molar-refractivity contribution is 0.296. The van der Waals surface area contributed by atoms with E-state index in [0.29, 0.717) is 6.42 Å². The molecule has 0 aliphatic rings. The molecule has 1 N–H and O–H groups in total. The third-order valence-electron chi connectivity index (χ3n) is 2.74. The van der Waals surface area contributed by atoms with Crippen molar-refractivity contribution in [2.75, 3.05) is 6.61 Å². The first-order chi connectivity index (χ1) is 8.29. The van der Waals surface area contributed by atoms with Gasteiger partial charge in [-0.05, 0) is 29.7 Å². The second-order valence-electron chi connectivity index (χ2n) is 3.82. The lowest BCUT2D eigenvalue weighted by Gasteiger charge is -2.04. The Hall–Kier alpha value is -1.46. The van der Waals surface area contributed by atoms with Crippen molar-refractivity contribution in [3.8, 4) is 0 Å². The third kappa shape index (κ3) is 1.71. The minimum absolute atomic E-state index is 0.0746. The van der Waals surface area contributed by atoms with Gasteiger partial charge in [-0.15, -0.1) is 10.2 Å². The fourth-order valence-electron chi connectivity index (χ4n) is 1.98. The number of nitrogens with zero attached hydrogens (tertiary/aromatic N) is 3. The van der Waals surface area contributed by atoms with E-state index in [4.69, 9.17) is 5.11 Å². The largest absolute Gasteiger partial charge is 0.396 e. The van der Waals surface area contributed by atoms with Gasteiger partial charge in [-0.25, -0.2) is 0 Å². The molecule has 3 aromatic rings. The number of hydrogen-bond donors (Lipinski definition) is 1. The summed E-state index contributed by atoms with van der Waals surface area (Å²) in [7, 11) is 0. The molecule has 17 heavy (non-hydrogen) atoms. The SMILES string of the molecule is OCCc1nnc2ccc3ccc(Br)cc3n12. The van der Waals surface area contributed by atoms with Crippen molar-refractivity contribution < 1.29 is 5.11 Å². The smallest absolute Gasteiger partial charge is 0.161 e. The van der Waals surface area contributed by atoms with E-state index in [2.05, 4.69) is 26.1 Å². The van der Waals surface area contributed by atoms with E-state index < -0.39 is 0 Å². The van der Waals surface area contributed by atoms with Gasteiger partial charge in [0.15, 0.2) is 5.65 Å². The normalized spacial score (nSPS) is 11.4. The van der Waals surface area contributed by atoms with E-state index >= 15 is 0 Å². The number of fused-ring (bicyclic) bond motifs is 3. The van der Waals surface area contributed by atoms with Crippen LogP contribution in [0.4, 0.5) is 0 Å². The van der Waals surface area contributed by atoms with Crippen LogP contribution in [0.3, 0.4) is 0 Å². The molecule has 0 aliphatic carbocycles. The Morgan fingerprint density at radius 2 is 2.00 bits per heavy atom. The maximum atomic E-state index is 9.03. The first-order valence-corrected chi connectivity index (χ1v) is 6.12. The molecule has 86 valence electrons. The number of aromatic nitrogens is 3. The highest BCUT2D eigenvalue weighted by Gasteiger charge is 2.08. The summed E-state index contributed by atoms with van der Waals surface area (Å²) >= 11 is 3.47. The maximum absolute atomic E-state index is 9.03. The highest BCUT2D eigenvalue weighted by Crippen LogP contribution is 2.21. The molecule has 0 saturated carbocycles. The number of pyridine rings is 1. The summed E-state index contributed by atoms with van der Waals surface area (Å²) in [6.07, 6.45) is 0.507. The van der Waals surface area contributed by atoms with Crippen LogP contribution in [0, 0.1) is 0 Å². The van der Waals surface area contributed by atoms with Gasteiger partial charge in [-0.3, -0.25) is 4.40 Å². The van der Waals surface area contributed by atoms with Crippen LogP contribution in [-0.4, -0.2) is 26.3 Å². The first-order valence-electron chi connectivity index (χ1n) is 5.33. The van der Waals surface area contributed by atoms with Crippen molar-refractivity contribution >= 4 is 32.5 Å². The summed E-state index contributed by atoms with van der Waals surface area (Å²) in [6.45, 7) is 0.0746. The number of aliphatic hydroxyl groups excluding tert-OH is 1. The van der Waals surface area contributed by atoms with Crippen molar-refractivity contribution in [2.45, 2.75) is 6.42 Å². The Kier molecular flexibility index (Phi) is 2.57. The summed E-state index contributed by atoms with van der Waals surface area (Å²) in [4.78, 5) is 0. The monoisotopic (exact) mass is 291 g/mol. The molecule has 0 amide bonds. The van der Waals surface area contributed by atoms with Crippen molar-refractivity contribution in [1.82, 2.24) is 14.6 Å². The summed E-state index contributed by atoms with van der Waals surface area (Å²) in [5.41, 5.74) is 1.85. The molecule has 2 aromatic heterocycles. The molecule has 0 bridgehead atoms. The van der Waals surface area contributed by atoms with Gasteiger partial charge in [0.05, 0.1) is 12.1 Å². The molecule has 1 aromatic carbocycles. The van der Waals surface area contributed by atoms with Gasteiger partial charge in [0, 0.05) is 10.9 Å². The number of halogens is 1. The molecule has 2 heterocycles. The van der Waals surface area contributed by atoms with Gasteiger partial charge < -0.3 is 5.11 Å². The lowest BCUT2D eigenvalue weighted by atomic mass is 10.2. The van der Waals surface area contributed by atoms with Gasteiger partial charge in [0.2, 0.25) is 0 Å². The topological polar surface area (TPSA) is 50.4 Å². The van der Waals surface area contributed by atoms with Crippen LogP contribution in [-0.2, 0) is 6.42 Å². The Balaban J connectivity index is 2.42. The van der Waals surface area contributed by atoms with E-state index in [1.165, 1.54) is 0 Å². The quantitative estimate of drug-likeness (QED) is 0.787. The minimum Gasteiger partial charge on any atom is -0.396 e. The maximum Gasteiger partial charge on any atom is 0.161 e. The molecule has 0 aliphatic heterocycles.